The molecule has 0 aliphatic rings. The predicted molar refractivity (Wildman–Crippen MR) is 134 cm³/mol. The van der Waals surface area contributed by atoms with E-state index in [2.05, 4.69) is 20.6 Å². The molecule has 2 aromatic heterocycles. The van der Waals surface area contributed by atoms with Crippen LogP contribution in [0, 0.1) is 0 Å². The van der Waals surface area contributed by atoms with Crippen molar-refractivity contribution in [3.63, 3.8) is 0 Å². The van der Waals surface area contributed by atoms with Gasteiger partial charge in [0.1, 0.15) is 15.7 Å². The summed E-state index contributed by atoms with van der Waals surface area (Å²) >= 11 is 2.79. The molecular weight excluding hydrogens is 478 g/mol. The number of nitrogens with two attached hydrogens (primary N) is 1. The number of carboxylic acid groups (broad SMARTS) is 1. The summed E-state index contributed by atoms with van der Waals surface area (Å²) in [6.07, 6.45) is -1.12. The summed E-state index contributed by atoms with van der Waals surface area (Å²) in [5.41, 5.74) is 8.85. The summed E-state index contributed by atoms with van der Waals surface area (Å²) in [4.78, 5) is 20.7. The van der Waals surface area contributed by atoms with Gasteiger partial charge in [0.05, 0.1) is 27.0 Å². The van der Waals surface area contributed by atoms with Crippen LogP contribution in [0.2, 0.25) is 0 Å². The Balaban J connectivity index is 1.59. The highest BCUT2D eigenvalue weighted by Crippen LogP contribution is 2.43. The minimum Gasteiger partial charge on any atom is -0.493 e. The highest BCUT2D eigenvalue weighted by Gasteiger charge is 2.18. The summed E-state index contributed by atoms with van der Waals surface area (Å²) in [5.74, 6) is 1.87. The van der Waals surface area contributed by atoms with Crippen LogP contribution in [0.1, 0.15) is 0 Å². The maximum absolute atomic E-state index is 10.9. The molecule has 0 unspecified atom stereocenters. The van der Waals surface area contributed by atoms with Crippen LogP contribution >= 0.6 is 22.7 Å². The Bertz CT molecular complexity index is 1310. The van der Waals surface area contributed by atoms with Crippen molar-refractivity contribution in [2.75, 3.05) is 37.7 Å². The van der Waals surface area contributed by atoms with E-state index in [1.165, 1.54) is 22.7 Å². The van der Waals surface area contributed by atoms with Crippen LogP contribution in [-0.2, 0) is 0 Å². The van der Waals surface area contributed by atoms with E-state index < -0.39 is 6.09 Å². The number of nitrogens with one attached hydrogen (secondary N) is 2. The van der Waals surface area contributed by atoms with E-state index in [1.54, 1.807) is 51.7 Å². The number of carbonyl (C=O) groups is 1. The second-order valence-corrected chi connectivity index (χ2v) is 8.68. The van der Waals surface area contributed by atoms with Crippen LogP contribution in [0.15, 0.2) is 41.8 Å². The fourth-order valence-corrected chi connectivity index (χ4v) is 5.04. The third-order valence-corrected chi connectivity index (χ3v) is 6.66. The molecule has 0 radical (unpaired) electrons. The normalized spacial score (nSPS) is 10.6. The first-order chi connectivity index (χ1) is 16.4. The van der Waals surface area contributed by atoms with Gasteiger partial charge in [-0.3, -0.25) is 5.32 Å². The van der Waals surface area contributed by atoms with Crippen molar-refractivity contribution in [3.8, 4) is 38.4 Å². The highest BCUT2D eigenvalue weighted by molar-refractivity contribution is 7.23. The Morgan fingerprint density at radius 1 is 1.03 bits per heavy atom. The molecular formula is C22H21N5O5S2. The zero-order chi connectivity index (χ0) is 24.2. The first-order valence-electron chi connectivity index (χ1n) is 9.81. The Labute approximate surface area is 203 Å². The van der Waals surface area contributed by atoms with Gasteiger partial charge in [-0.15, -0.1) is 11.3 Å². The van der Waals surface area contributed by atoms with E-state index in [1.807, 2.05) is 11.4 Å². The lowest BCUT2D eigenvalue weighted by molar-refractivity contribution is 0.210. The number of thiazole rings is 2. The van der Waals surface area contributed by atoms with E-state index in [-0.39, 0.29) is 0 Å². The zero-order valence-corrected chi connectivity index (χ0v) is 20.0. The Morgan fingerprint density at radius 3 is 2.41 bits per heavy atom. The van der Waals surface area contributed by atoms with Gasteiger partial charge in [0.15, 0.2) is 16.6 Å². The molecule has 34 heavy (non-hydrogen) atoms. The van der Waals surface area contributed by atoms with Gasteiger partial charge >= 0.3 is 6.09 Å². The van der Waals surface area contributed by atoms with Crippen molar-refractivity contribution >= 4 is 51.1 Å². The molecule has 4 aromatic rings. The molecule has 2 heterocycles. The molecule has 0 bridgehead atoms. The molecule has 5 N–H and O–H groups in total. The second-order valence-electron chi connectivity index (χ2n) is 6.82. The minimum atomic E-state index is -1.12. The van der Waals surface area contributed by atoms with Gasteiger partial charge < -0.3 is 30.4 Å². The van der Waals surface area contributed by atoms with Gasteiger partial charge in [0.25, 0.3) is 0 Å². The summed E-state index contributed by atoms with van der Waals surface area (Å²) in [7, 11) is 4.64. The topological polar surface area (TPSA) is 141 Å². The van der Waals surface area contributed by atoms with Crippen molar-refractivity contribution in [2.24, 2.45) is 0 Å². The lowest BCUT2D eigenvalue weighted by Gasteiger charge is -2.14. The van der Waals surface area contributed by atoms with Gasteiger partial charge in [0.2, 0.25) is 5.75 Å². The van der Waals surface area contributed by atoms with E-state index in [9.17, 15) is 4.79 Å². The molecule has 12 heteroatoms. The van der Waals surface area contributed by atoms with Gasteiger partial charge in [0, 0.05) is 34.5 Å². The van der Waals surface area contributed by atoms with E-state index in [0.717, 1.165) is 10.4 Å². The number of rotatable bonds is 8. The number of ether oxygens (including phenoxy) is 3. The molecule has 0 fully saturated rings. The molecule has 0 saturated carbocycles. The number of methoxy groups -OCH3 is 3. The van der Waals surface area contributed by atoms with Gasteiger partial charge in [-0.25, -0.2) is 14.8 Å². The summed E-state index contributed by atoms with van der Waals surface area (Å²) in [5, 5.41) is 17.7. The molecule has 2 aromatic carbocycles. The summed E-state index contributed by atoms with van der Waals surface area (Å²) in [6.45, 7) is 0. The lowest BCUT2D eigenvalue weighted by atomic mass is 10.1. The number of amides is 1. The average Bonchev–Trinajstić information content (AvgIpc) is 3.44. The van der Waals surface area contributed by atoms with E-state index in [4.69, 9.17) is 25.1 Å². The van der Waals surface area contributed by atoms with E-state index >= 15 is 0 Å². The van der Waals surface area contributed by atoms with Crippen LogP contribution in [-0.4, -0.2) is 42.5 Å². The third kappa shape index (κ3) is 4.82. The predicted octanol–water partition coefficient (Wildman–Crippen LogP) is 5.38. The molecule has 0 spiro atoms. The maximum Gasteiger partial charge on any atom is 0.409 e. The van der Waals surface area contributed by atoms with Crippen LogP contribution in [0.5, 0.6) is 17.2 Å². The van der Waals surface area contributed by atoms with Gasteiger partial charge in [-0.2, -0.15) is 0 Å². The SMILES string of the molecule is COc1cc(Nc2nc(N)c(-c3nc(-c4cccc(NC(=O)O)c4)cs3)s2)cc(OC)c1OC. The average molecular weight is 500 g/mol. The number of hydrogen-bond acceptors (Lipinski definition) is 10. The Morgan fingerprint density at radius 2 is 1.76 bits per heavy atom. The summed E-state index contributed by atoms with van der Waals surface area (Å²) in [6, 6.07) is 10.6. The van der Waals surface area contributed by atoms with Crippen LogP contribution in [0.25, 0.3) is 21.1 Å². The van der Waals surface area contributed by atoms with Crippen molar-refractivity contribution < 1.29 is 24.1 Å². The minimum absolute atomic E-state index is 0.349. The quantitative estimate of drug-likeness (QED) is 0.251. The monoisotopic (exact) mass is 499 g/mol. The fraction of sp³-hybridized carbons (Fsp3) is 0.136. The second kappa shape index (κ2) is 9.85. The van der Waals surface area contributed by atoms with Crippen molar-refractivity contribution in [3.05, 3.63) is 41.8 Å². The smallest absolute Gasteiger partial charge is 0.409 e. The Hall–Kier alpha value is -4.03. The molecule has 0 atom stereocenters. The molecule has 0 saturated heterocycles. The molecule has 0 aliphatic heterocycles. The van der Waals surface area contributed by atoms with E-state index in [0.29, 0.717) is 50.3 Å². The first-order valence-corrected chi connectivity index (χ1v) is 11.5. The number of anilines is 4. The van der Waals surface area contributed by atoms with Crippen LogP contribution < -0.4 is 30.6 Å². The van der Waals surface area contributed by atoms with Gasteiger partial charge in [-0.05, 0) is 12.1 Å². The number of aromatic nitrogens is 2. The van der Waals surface area contributed by atoms with Crippen LogP contribution in [0.4, 0.5) is 27.1 Å². The number of benzene rings is 2. The molecule has 4 rings (SSSR count). The number of nitrogens with zero attached hydrogens (tertiary/aromatic N) is 2. The van der Waals surface area contributed by atoms with Crippen LogP contribution in [0.3, 0.4) is 0 Å². The van der Waals surface area contributed by atoms with Crippen molar-refractivity contribution in [1.29, 1.82) is 0 Å². The standard InChI is InChI=1S/C22H21N5O5S2/c1-30-15-8-13(9-16(31-2)17(15)32-3)24-21-27-19(23)18(34-21)20-26-14(10-33-20)11-5-4-6-12(7-11)25-22(28)29/h4-10,25H,23H2,1-3H3,(H,24,27)(H,28,29). The fourth-order valence-electron chi connectivity index (χ4n) is 3.21. The maximum atomic E-state index is 10.9. The molecule has 176 valence electrons. The molecule has 0 aliphatic carbocycles. The first kappa shape index (κ1) is 23.1. The zero-order valence-electron chi connectivity index (χ0n) is 18.4. The largest absolute Gasteiger partial charge is 0.493 e. The van der Waals surface area contributed by atoms with Crippen molar-refractivity contribution in [1.82, 2.24) is 9.97 Å². The molecule has 10 nitrogen and oxygen atoms in total. The molecule has 1 amide bonds. The number of nitrogen functional groups attached to an aromatic ring is 1. The van der Waals surface area contributed by atoms with Gasteiger partial charge in [-0.1, -0.05) is 23.5 Å². The highest BCUT2D eigenvalue weighted by atomic mass is 32.1. The Kier molecular flexibility index (Phi) is 6.70. The number of hydrogen-bond donors (Lipinski definition) is 4. The summed E-state index contributed by atoms with van der Waals surface area (Å²) < 4.78 is 16.2. The lowest BCUT2D eigenvalue weighted by Crippen LogP contribution is -2.06. The van der Waals surface area contributed by atoms with Crippen molar-refractivity contribution in [2.45, 2.75) is 0 Å². The third-order valence-electron chi connectivity index (χ3n) is 4.68.